The van der Waals surface area contributed by atoms with E-state index in [9.17, 15) is 0 Å². The molecule has 3 rings (SSSR count). The van der Waals surface area contributed by atoms with Crippen molar-refractivity contribution in [2.75, 3.05) is 13.2 Å². The molecule has 92 valence electrons. The number of fused-ring (bicyclic) bond motifs is 1. The zero-order valence-electron chi connectivity index (χ0n) is 10.3. The number of ether oxygens (including phenoxy) is 1. The zero-order chi connectivity index (χ0) is 11.5. The summed E-state index contributed by atoms with van der Waals surface area (Å²) in [5.41, 5.74) is 1.33. The Hall–Kier alpha value is -1.02. The number of para-hydroxylation sites is 1. The van der Waals surface area contributed by atoms with Crippen LogP contribution in [-0.2, 0) is 0 Å². The van der Waals surface area contributed by atoms with Gasteiger partial charge < -0.3 is 10.1 Å². The third-order valence-electron chi connectivity index (χ3n) is 4.12. The molecule has 2 heteroatoms. The van der Waals surface area contributed by atoms with Crippen molar-refractivity contribution < 1.29 is 4.74 Å². The molecule has 0 amide bonds. The molecule has 1 unspecified atom stereocenters. The van der Waals surface area contributed by atoms with Crippen LogP contribution < -0.4 is 10.1 Å². The van der Waals surface area contributed by atoms with Crippen LogP contribution >= 0.6 is 0 Å². The van der Waals surface area contributed by atoms with Gasteiger partial charge in [0, 0.05) is 5.56 Å². The smallest absolute Gasteiger partial charge is 0.124 e. The van der Waals surface area contributed by atoms with Crippen LogP contribution in [0.25, 0.3) is 0 Å². The first-order chi connectivity index (χ1) is 8.43. The lowest BCUT2D eigenvalue weighted by Crippen LogP contribution is -2.24. The van der Waals surface area contributed by atoms with Crippen LogP contribution in [-0.4, -0.2) is 13.2 Å². The topological polar surface area (TPSA) is 21.3 Å². The molecule has 0 bridgehead atoms. The molecule has 0 saturated heterocycles. The molecular formula is C15H21NO. The van der Waals surface area contributed by atoms with Crippen LogP contribution in [0.1, 0.15) is 43.7 Å². The average molecular weight is 231 g/mol. The van der Waals surface area contributed by atoms with E-state index in [-0.39, 0.29) is 0 Å². The van der Waals surface area contributed by atoms with Crippen molar-refractivity contribution in [3.05, 3.63) is 29.8 Å². The summed E-state index contributed by atoms with van der Waals surface area (Å²) in [6.07, 6.45) is 7.11. The lowest BCUT2D eigenvalue weighted by atomic mass is 10.0. The van der Waals surface area contributed by atoms with Gasteiger partial charge in [0.2, 0.25) is 0 Å². The van der Waals surface area contributed by atoms with E-state index in [0.717, 1.165) is 24.8 Å². The Labute approximate surface area is 103 Å². The standard InChI is InChI=1S/C15H21NO/c1-2-6-12(5-1)9-10-16-14-11-17-15-8-4-3-7-13(14)15/h3-4,7-8,12,14,16H,1-2,5-6,9-11H2. The minimum absolute atomic E-state index is 0.410. The maximum atomic E-state index is 5.67. The second-order valence-corrected chi connectivity index (χ2v) is 5.29. The summed E-state index contributed by atoms with van der Waals surface area (Å²) in [6, 6.07) is 8.79. The van der Waals surface area contributed by atoms with Gasteiger partial charge in [0.25, 0.3) is 0 Å². The van der Waals surface area contributed by atoms with Crippen LogP contribution in [0.2, 0.25) is 0 Å². The van der Waals surface area contributed by atoms with Gasteiger partial charge in [0.15, 0.2) is 0 Å². The molecule has 1 aliphatic heterocycles. The molecule has 1 fully saturated rings. The molecular weight excluding hydrogens is 210 g/mol. The van der Waals surface area contributed by atoms with Crippen molar-refractivity contribution in [3.63, 3.8) is 0 Å². The summed E-state index contributed by atoms with van der Waals surface area (Å²) < 4.78 is 5.67. The first kappa shape index (κ1) is 11.1. The number of rotatable bonds is 4. The molecule has 1 saturated carbocycles. The van der Waals surface area contributed by atoms with E-state index >= 15 is 0 Å². The third-order valence-corrected chi connectivity index (χ3v) is 4.12. The fraction of sp³-hybridized carbons (Fsp3) is 0.600. The average Bonchev–Trinajstić information content (AvgIpc) is 2.99. The molecule has 1 heterocycles. The summed E-state index contributed by atoms with van der Waals surface area (Å²) in [5, 5.41) is 3.64. The monoisotopic (exact) mass is 231 g/mol. The Balaban J connectivity index is 1.50. The van der Waals surface area contributed by atoms with E-state index in [1.54, 1.807) is 0 Å². The normalized spacial score (nSPS) is 23.6. The van der Waals surface area contributed by atoms with E-state index in [4.69, 9.17) is 4.74 Å². The largest absolute Gasteiger partial charge is 0.491 e. The number of nitrogens with one attached hydrogen (secondary N) is 1. The second-order valence-electron chi connectivity index (χ2n) is 5.29. The summed E-state index contributed by atoms with van der Waals surface area (Å²) in [6.45, 7) is 1.93. The van der Waals surface area contributed by atoms with Gasteiger partial charge in [-0.1, -0.05) is 43.9 Å². The van der Waals surface area contributed by atoms with Gasteiger partial charge in [-0.15, -0.1) is 0 Å². The van der Waals surface area contributed by atoms with Crippen molar-refractivity contribution in [2.24, 2.45) is 5.92 Å². The Morgan fingerprint density at radius 3 is 2.88 bits per heavy atom. The van der Waals surface area contributed by atoms with Gasteiger partial charge in [-0.25, -0.2) is 0 Å². The molecule has 1 atom stereocenters. The number of hydrogen-bond donors (Lipinski definition) is 1. The molecule has 1 aromatic carbocycles. The van der Waals surface area contributed by atoms with Gasteiger partial charge >= 0.3 is 0 Å². The first-order valence-corrected chi connectivity index (χ1v) is 6.88. The first-order valence-electron chi connectivity index (χ1n) is 6.88. The van der Waals surface area contributed by atoms with Crippen molar-refractivity contribution in [2.45, 2.75) is 38.1 Å². The minimum Gasteiger partial charge on any atom is -0.491 e. The second kappa shape index (κ2) is 5.09. The Bertz CT molecular complexity index is 371. The highest BCUT2D eigenvalue weighted by Gasteiger charge is 2.23. The number of hydrogen-bond acceptors (Lipinski definition) is 2. The number of benzene rings is 1. The van der Waals surface area contributed by atoms with Gasteiger partial charge in [-0.05, 0) is 24.9 Å². The molecule has 1 aliphatic carbocycles. The zero-order valence-corrected chi connectivity index (χ0v) is 10.3. The summed E-state index contributed by atoms with van der Waals surface area (Å²) in [7, 11) is 0. The molecule has 17 heavy (non-hydrogen) atoms. The molecule has 0 spiro atoms. The van der Waals surface area contributed by atoms with Gasteiger partial charge in [-0.2, -0.15) is 0 Å². The lowest BCUT2D eigenvalue weighted by Gasteiger charge is -2.14. The summed E-state index contributed by atoms with van der Waals surface area (Å²) in [5.74, 6) is 2.03. The molecule has 1 aromatic rings. The van der Waals surface area contributed by atoms with Crippen LogP contribution in [0.5, 0.6) is 5.75 Å². The Kier molecular flexibility index (Phi) is 3.32. The SMILES string of the molecule is c1ccc2c(c1)OCC2NCCC1CCCC1. The molecule has 2 aliphatic rings. The predicted molar refractivity (Wildman–Crippen MR) is 69.3 cm³/mol. The van der Waals surface area contributed by atoms with Crippen molar-refractivity contribution in [1.82, 2.24) is 5.32 Å². The van der Waals surface area contributed by atoms with E-state index in [0.29, 0.717) is 6.04 Å². The summed E-state index contributed by atoms with van der Waals surface area (Å²) in [4.78, 5) is 0. The van der Waals surface area contributed by atoms with Gasteiger partial charge in [0.05, 0.1) is 6.04 Å². The van der Waals surface area contributed by atoms with E-state index in [1.807, 2.05) is 6.07 Å². The van der Waals surface area contributed by atoms with Crippen molar-refractivity contribution >= 4 is 0 Å². The molecule has 1 N–H and O–H groups in total. The van der Waals surface area contributed by atoms with Gasteiger partial charge in [-0.3, -0.25) is 0 Å². The van der Waals surface area contributed by atoms with E-state index in [2.05, 4.69) is 23.5 Å². The van der Waals surface area contributed by atoms with E-state index < -0.39 is 0 Å². The fourth-order valence-electron chi connectivity index (χ4n) is 3.09. The van der Waals surface area contributed by atoms with Crippen molar-refractivity contribution in [1.29, 1.82) is 0 Å². The quantitative estimate of drug-likeness (QED) is 0.858. The van der Waals surface area contributed by atoms with Gasteiger partial charge in [0.1, 0.15) is 12.4 Å². The maximum absolute atomic E-state index is 5.67. The minimum atomic E-state index is 0.410. The molecule has 2 nitrogen and oxygen atoms in total. The van der Waals surface area contributed by atoms with Crippen molar-refractivity contribution in [3.8, 4) is 5.75 Å². The van der Waals surface area contributed by atoms with Crippen LogP contribution in [0.15, 0.2) is 24.3 Å². The van der Waals surface area contributed by atoms with E-state index in [1.165, 1.54) is 37.7 Å². The Morgan fingerprint density at radius 1 is 1.18 bits per heavy atom. The lowest BCUT2D eigenvalue weighted by molar-refractivity contribution is 0.307. The molecule has 0 radical (unpaired) electrons. The van der Waals surface area contributed by atoms with Crippen LogP contribution in [0.3, 0.4) is 0 Å². The maximum Gasteiger partial charge on any atom is 0.124 e. The summed E-state index contributed by atoms with van der Waals surface area (Å²) >= 11 is 0. The third kappa shape index (κ3) is 2.47. The highest BCUT2D eigenvalue weighted by atomic mass is 16.5. The predicted octanol–water partition coefficient (Wildman–Crippen LogP) is 3.29. The fourth-order valence-corrected chi connectivity index (χ4v) is 3.09. The Morgan fingerprint density at radius 2 is 2.00 bits per heavy atom. The molecule has 0 aromatic heterocycles. The highest BCUT2D eigenvalue weighted by molar-refractivity contribution is 5.39. The van der Waals surface area contributed by atoms with Crippen LogP contribution in [0, 0.1) is 5.92 Å². The highest BCUT2D eigenvalue weighted by Crippen LogP contribution is 2.32. The van der Waals surface area contributed by atoms with Crippen LogP contribution in [0.4, 0.5) is 0 Å².